The number of halogens is 1. The Kier molecular flexibility index (Phi) is 3.42. The molecule has 0 bridgehead atoms. The molecule has 0 fully saturated rings. The van der Waals surface area contributed by atoms with E-state index in [1.54, 1.807) is 18.2 Å². The molecular formula is C15H14FNO. The minimum atomic E-state index is -0.367. The van der Waals surface area contributed by atoms with Crippen LogP contribution in [0.2, 0.25) is 0 Å². The molecule has 18 heavy (non-hydrogen) atoms. The van der Waals surface area contributed by atoms with E-state index in [-0.39, 0.29) is 11.7 Å². The molecule has 2 aromatic carbocycles. The van der Waals surface area contributed by atoms with Crippen LogP contribution in [0.1, 0.15) is 21.5 Å². The largest absolute Gasteiger partial charge is 0.322 e. The molecule has 0 saturated carbocycles. The van der Waals surface area contributed by atoms with E-state index in [9.17, 15) is 9.18 Å². The van der Waals surface area contributed by atoms with E-state index >= 15 is 0 Å². The van der Waals surface area contributed by atoms with Crippen LogP contribution < -0.4 is 5.32 Å². The highest BCUT2D eigenvalue weighted by molar-refractivity contribution is 6.05. The van der Waals surface area contributed by atoms with Gasteiger partial charge in [0.1, 0.15) is 5.82 Å². The van der Waals surface area contributed by atoms with Gasteiger partial charge in [-0.1, -0.05) is 23.8 Å². The Labute approximate surface area is 105 Å². The zero-order chi connectivity index (χ0) is 13.1. The summed E-state index contributed by atoms with van der Waals surface area (Å²) in [5, 5.41) is 2.68. The van der Waals surface area contributed by atoms with E-state index in [1.165, 1.54) is 12.1 Å². The van der Waals surface area contributed by atoms with E-state index in [1.807, 2.05) is 26.0 Å². The van der Waals surface area contributed by atoms with Crippen molar-refractivity contribution in [3.63, 3.8) is 0 Å². The van der Waals surface area contributed by atoms with Crippen molar-refractivity contribution in [1.82, 2.24) is 0 Å². The third kappa shape index (κ3) is 2.74. The fourth-order valence-corrected chi connectivity index (χ4v) is 1.83. The Morgan fingerprint density at radius 3 is 2.56 bits per heavy atom. The molecule has 1 N–H and O–H groups in total. The average molecular weight is 243 g/mol. The summed E-state index contributed by atoms with van der Waals surface area (Å²) in [4.78, 5) is 12.0. The third-order valence-electron chi connectivity index (χ3n) is 2.71. The van der Waals surface area contributed by atoms with Crippen molar-refractivity contribution in [3.05, 3.63) is 65.0 Å². The fraction of sp³-hybridized carbons (Fsp3) is 0.133. The van der Waals surface area contributed by atoms with Crippen LogP contribution in [-0.2, 0) is 0 Å². The van der Waals surface area contributed by atoms with Gasteiger partial charge in [0.15, 0.2) is 0 Å². The van der Waals surface area contributed by atoms with Crippen LogP contribution in [0.15, 0.2) is 42.5 Å². The van der Waals surface area contributed by atoms with Crippen LogP contribution in [0.5, 0.6) is 0 Å². The summed E-state index contributed by atoms with van der Waals surface area (Å²) >= 11 is 0. The van der Waals surface area contributed by atoms with E-state index in [0.29, 0.717) is 11.3 Å². The van der Waals surface area contributed by atoms with Crippen molar-refractivity contribution in [2.24, 2.45) is 0 Å². The minimum Gasteiger partial charge on any atom is -0.322 e. The summed E-state index contributed by atoms with van der Waals surface area (Å²) in [6.45, 7) is 3.86. The van der Waals surface area contributed by atoms with E-state index < -0.39 is 0 Å². The van der Waals surface area contributed by atoms with Crippen LogP contribution in [0.25, 0.3) is 0 Å². The molecule has 0 heterocycles. The smallest absolute Gasteiger partial charge is 0.255 e. The van der Waals surface area contributed by atoms with Gasteiger partial charge < -0.3 is 5.32 Å². The predicted octanol–water partition coefficient (Wildman–Crippen LogP) is 3.69. The number of hydrogen-bond donors (Lipinski definition) is 1. The molecule has 0 unspecified atom stereocenters. The van der Waals surface area contributed by atoms with Gasteiger partial charge in [-0.05, 0) is 43.7 Å². The number of hydrogen-bond acceptors (Lipinski definition) is 1. The second-order valence-corrected chi connectivity index (χ2v) is 4.28. The van der Waals surface area contributed by atoms with Crippen LogP contribution in [0.4, 0.5) is 10.1 Å². The van der Waals surface area contributed by atoms with Crippen LogP contribution in [0.3, 0.4) is 0 Å². The Bertz CT molecular complexity index is 593. The SMILES string of the molecule is Cc1ccc(C(=O)Nc2cccc(F)c2)c(C)c1. The van der Waals surface area contributed by atoms with E-state index in [0.717, 1.165) is 11.1 Å². The lowest BCUT2D eigenvalue weighted by atomic mass is 10.1. The van der Waals surface area contributed by atoms with Gasteiger partial charge in [0.2, 0.25) is 0 Å². The summed E-state index contributed by atoms with van der Waals surface area (Å²) in [7, 11) is 0. The lowest BCUT2D eigenvalue weighted by molar-refractivity contribution is 0.102. The van der Waals surface area contributed by atoms with Crippen molar-refractivity contribution in [1.29, 1.82) is 0 Å². The number of aryl methyl sites for hydroxylation is 2. The standard InChI is InChI=1S/C15H14FNO/c1-10-6-7-14(11(2)8-10)15(18)17-13-5-3-4-12(16)9-13/h3-9H,1-2H3,(H,17,18). The number of anilines is 1. The third-order valence-corrected chi connectivity index (χ3v) is 2.71. The molecule has 3 heteroatoms. The van der Waals surface area contributed by atoms with Gasteiger partial charge in [-0.25, -0.2) is 4.39 Å². The van der Waals surface area contributed by atoms with Gasteiger partial charge in [0, 0.05) is 11.3 Å². The normalized spacial score (nSPS) is 10.2. The number of carbonyl (C=O) groups excluding carboxylic acids is 1. The molecule has 0 aromatic heterocycles. The summed E-state index contributed by atoms with van der Waals surface area (Å²) < 4.78 is 13.0. The van der Waals surface area contributed by atoms with Crippen molar-refractivity contribution >= 4 is 11.6 Å². The molecule has 1 amide bonds. The number of rotatable bonds is 2. The molecule has 92 valence electrons. The highest BCUT2D eigenvalue weighted by Gasteiger charge is 2.09. The quantitative estimate of drug-likeness (QED) is 0.856. The monoisotopic (exact) mass is 243 g/mol. The lowest BCUT2D eigenvalue weighted by Gasteiger charge is -2.08. The molecule has 0 aliphatic carbocycles. The predicted molar refractivity (Wildman–Crippen MR) is 70.3 cm³/mol. The molecule has 0 atom stereocenters. The molecule has 0 saturated heterocycles. The van der Waals surface area contributed by atoms with Crippen LogP contribution >= 0.6 is 0 Å². The van der Waals surface area contributed by atoms with Gasteiger partial charge in [-0.3, -0.25) is 4.79 Å². The number of carbonyl (C=O) groups is 1. The first-order valence-corrected chi connectivity index (χ1v) is 5.70. The van der Waals surface area contributed by atoms with Gasteiger partial charge in [0.05, 0.1) is 0 Å². The topological polar surface area (TPSA) is 29.1 Å². The highest BCUT2D eigenvalue weighted by Crippen LogP contribution is 2.14. The van der Waals surface area contributed by atoms with Crippen molar-refractivity contribution in [2.45, 2.75) is 13.8 Å². The Balaban J connectivity index is 2.22. The Morgan fingerprint density at radius 2 is 1.89 bits per heavy atom. The molecule has 2 rings (SSSR count). The lowest BCUT2D eigenvalue weighted by Crippen LogP contribution is -2.13. The minimum absolute atomic E-state index is 0.224. The molecule has 2 nitrogen and oxygen atoms in total. The first-order valence-electron chi connectivity index (χ1n) is 5.70. The summed E-state index contributed by atoms with van der Waals surface area (Å²) in [6.07, 6.45) is 0. The van der Waals surface area contributed by atoms with Gasteiger partial charge in [-0.2, -0.15) is 0 Å². The fourth-order valence-electron chi connectivity index (χ4n) is 1.83. The average Bonchev–Trinajstić information content (AvgIpc) is 2.28. The second-order valence-electron chi connectivity index (χ2n) is 4.28. The molecular weight excluding hydrogens is 229 g/mol. The van der Waals surface area contributed by atoms with Gasteiger partial charge >= 0.3 is 0 Å². The number of nitrogens with one attached hydrogen (secondary N) is 1. The van der Waals surface area contributed by atoms with Gasteiger partial charge in [-0.15, -0.1) is 0 Å². The summed E-state index contributed by atoms with van der Waals surface area (Å²) in [6, 6.07) is 11.5. The zero-order valence-electron chi connectivity index (χ0n) is 10.3. The maximum Gasteiger partial charge on any atom is 0.255 e. The van der Waals surface area contributed by atoms with Crippen LogP contribution in [-0.4, -0.2) is 5.91 Å². The molecule has 0 radical (unpaired) electrons. The highest BCUT2D eigenvalue weighted by atomic mass is 19.1. The molecule has 0 spiro atoms. The number of benzene rings is 2. The Morgan fingerprint density at radius 1 is 1.11 bits per heavy atom. The maximum atomic E-state index is 13.0. The number of amides is 1. The first-order chi connectivity index (χ1) is 8.56. The maximum absolute atomic E-state index is 13.0. The molecule has 2 aromatic rings. The Hall–Kier alpha value is -2.16. The summed E-state index contributed by atoms with van der Waals surface area (Å²) in [5.41, 5.74) is 3.07. The van der Waals surface area contributed by atoms with Crippen molar-refractivity contribution in [2.75, 3.05) is 5.32 Å². The molecule has 0 aliphatic rings. The van der Waals surface area contributed by atoms with Crippen LogP contribution in [0, 0.1) is 19.7 Å². The van der Waals surface area contributed by atoms with E-state index in [4.69, 9.17) is 0 Å². The first kappa shape index (κ1) is 12.3. The van der Waals surface area contributed by atoms with Crippen molar-refractivity contribution < 1.29 is 9.18 Å². The molecule has 0 aliphatic heterocycles. The van der Waals surface area contributed by atoms with E-state index in [2.05, 4.69) is 5.32 Å². The second kappa shape index (κ2) is 5.00. The van der Waals surface area contributed by atoms with Gasteiger partial charge in [0.25, 0.3) is 5.91 Å². The van der Waals surface area contributed by atoms with Crippen molar-refractivity contribution in [3.8, 4) is 0 Å². The zero-order valence-corrected chi connectivity index (χ0v) is 10.3. The summed E-state index contributed by atoms with van der Waals surface area (Å²) in [5.74, 6) is -0.591.